The van der Waals surface area contributed by atoms with Gasteiger partial charge < -0.3 is 4.74 Å². The zero-order valence-corrected chi connectivity index (χ0v) is 15.2. The van der Waals surface area contributed by atoms with Crippen molar-refractivity contribution in [1.29, 1.82) is 0 Å². The van der Waals surface area contributed by atoms with E-state index < -0.39 is 17.7 Å². The van der Waals surface area contributed by atoms with E-state index in [2.05, 4.69) is 10.5 Å². The maximum absolute atomic E-state index is 12.9. The smallest absolute Gasteiger partial charge is 0.345 e. The summed E-state index contributed by atoms with van der Waals surface area (Å²) < 4.78 is 18.1. The molecule has 7 heteroatoms. The number of hydrogen-bond acceptors (Lipinski definition) is 4. The number of benzene rings is 3. The fraction of sp³-hybridized carbons (Fsp3) is 0. The van der Waals surface area contributed by atoms with Crippen LogP contribution >= 0.6 is 11.6 Å². The van der Waals surface area contributed by atoms with E-state index in [1.54, 1.807) is 48.5 Å². The number of esters is 1. The molecule has 28 heavy (non-hydrogen) atoms. The highest BCUT2D eigenvalue weighted by Crippen LogP contribution is 2.18. The fourth-order valence-electron chi connectivity index (χ4n) is 2.24. The van der Waals surface area contributed by atoms with Gasteiger partial charge in [-0.15, -0.1) is 0 Å². The van der Waals surface area contributed by atoms with E-state index in [9.17, 15) is 14.0 Å². The Bertz CT molecular complexity index is 1020. The summed E-state index contributed by atoms with van der Waals surface area (Å²) in [7, 11) is 0. The molecule has 3 aromatic rings. The number of rotatable bonds is 5. The van der Waals surface area contributed by atoms with Gasteiger partial charge in [-0.05, 0) is 66.2 Å². The predicted molar refractivity (Wildman–Crippen MR) is 104 cm³/mol. The van der Waals surface area contributed by atoms with Gasteiger partial charge in [-0.25, -0.2) is 14.6 Å². The van der Waals surface area contributed by atoms with Crippen molar-refractivity contribution in [1.82, 2.24) is 5.43 Å². The maximum atomic E-state index is 12.9. The number of halogens is 2. The molecule has 5 nitrogen and oxygen atoms in total. The van der Waals surface area contributed by atoms with Crippen molar-refractivity contribution in [3.63, 3.8) is 0 Å². The van der Waals surface area contributed by atoms with Gasteiger partial charge >= 0.3 is 5.97 Å². The van der Waals surface area contributed by atoms with Gasteiger partial charge in [0, 0.05) is 5.56 Å². The molecule has 3 aromatic carbocycles. The van der Waals surface area contributed by atoms with Gasteiger partial charge in [-0.3, -0.25) is 4.79 Å². The molecule has 0 aliphatic heterocycles. The monoisotopic (exact) mass is 396 g/mol. The number of hydrazone groups is 1. The van der Waals surface area contributed by atoms with E-state index in [0.717, 1.165) is 0 Å². The van der Waals surface area contributed by atoms with Gasteiger partial charge in [0.05, 0.1) is 16.8 Å². The highest BCUT2D eigenvalue weighted by Gasteiger charge is 2.12. The highest BCUT2D eigenvalue weighted by atomic mass is 35.5. The molecule has 0 aliphatic rings. The third-order valence-electron chi connectivity index (χ3n) is 3.67. The number of nitrogens with zero attached hydrogens (tertiary/aromatic N) is 1. The van der Waals surface area contributed by atoms with Crippen LogP contribution in [0.1, 0.15) is 26.3 Å². The van der Waals surface area contributed by atoms with Crippen LogP contribution in [0.4, 0.5) is 4.39 Å². The summed E-state index contributed by atoms with van der Waals surface area (Å²) >= 11 is 5.97. The SMILES string of the molecule is O=C(N/N=C/c1ccc(OC(=O)c2ccccc2Cl)cc1)c1ccc(F)cc1. The zero-order valence-electron chi connectivity index (χ0n) is 14.4. The van der Waals surface area contributed by atoms with Crippen molar-refractivity contribution in [3.05, 3.63) is 100 Å². The first-order chi connectivity index (χ1) is 13.5. The van der Waals surface area contributed by atoms with Gasteiger partial charge in [0.1, 0.15) is 11.6 Å². The third kappa shape index (κ3) is 5.02. The van der Waals surface area contributed by atoms with Crippen LogP contribution in [0, 0.1) is 5.82 Å². The van der Waals surface area contributed by atoms with E-state index in [4.69, 9.17) is 16.3 Å². The van der Waals surface area contributed by atoms with E-state index in [-0.39, 0.29) is 5.56 Å². The quantitative estimate of drug-likeness (QED) is 0.299. The minimum Gasteiger partial charge on any atom is -0.423 e. The molecule has 140 valence electrons. The zero-order chi connectivity index (χ0) is 19.9. The fourth-order valence-corrected chi connectivity index (χ4v) is 2.45. The molecular formula is C21H14ClFN2O3. The molecule has 0 aliphatic carbocycles. The Morgan fingerprint density at radius 1 is 0.964 bits per heavy atom. The Hall–Kier alpha value is -3.51. The van der Waals surface area contributed by atoms with Crippen molar-refractivity contribution in [2.75, 3.05) is 0 Å². The molecule has 1 amide bonds. The van der Waals surface area contributed by atoms with E-state index in [1.165, 1.54) is 30.5 Å². The van der Waals surface area contributed by atoms with Crippen molar-refractivity contribution in [2.24, 2.45) is 5.10 Å². The molecule has 0 spiro atoms. The Morgan fingerprint density at radius 2 is 1.64 bits per heavy atom. The largest absolute Gasteiger partial charge is 0.423 e. The van der Waals surface area contributed by atoms with Gasteiger partial charge in [0.15, 0.2) is 0 Å². The minimum atomic E-state index is -0.557. The van der Waals surface area contributed by atoms with Gasteiger partial charge in [-0.1, -0.05) is 23.7 Å². The molecule has 0 aromatic heterocycles. The summed E-state index contributed by atoms with van der Waals surface area (Å²) in [6.45, 7) is 0. The van der Waals surface area contributed by atoms with Crippen LogP contribution in [0.5, 0.6) is 5.75 Å². The number of nitrogens with one attached hydrogen (secondary N) is 1. The summed E-state index contributed by atoms with van der Waals surface area (Å²) in [4.78, 5) is 24.0. The molecule has 1 N–H and O–H groups in total. The lowest BCUT2D eigenvalue weighted by Crippen LogP contribution is -2.17. The Balaban J connectivity index is 1.57. The van der Waals surface area contributed by atoms with Crippen molar-refractivity contribution >= 4 is 29.7 Å². The second-order valence-corrected chi connectivity index (χ2v) is 6.05. The summed E-state index contributed by atoms with van der Waals surface area (Å²) in [5.41, 5.74) is 3.60. The second kappa shape index (κ2) is 8.92. The first kappa shape index (κ1) is 19.3. The number of carbonyl (C=O) groups is 2. The minimum absolute atomic E-state index is 0.276. The first-order valence-electron chi connectivity index (χ1n) is 8.19. The molecule has 0 saturated carbocycles. The molecule has 0 unspecified atom stereocenters. The number of ether oxygens (including phenoxy) is 1. The van der Waals surface area contributed by atoms with E-state index >= 15 is 0 Å². The lowest BCUT2D eigenvalue weighted by molar-refractivity contribution is 0.0734. The van der Waals surface area contributed by atoms with Crippen LogP contribution < -0.4 is 10.2 Å². The second-order valence-electron chi connectivity index (χ2n) is 5.64. The molecular weight excluding hydrogens is 383 g/mol. The first-order valence-corrected chi connectivity index (χ1v) is 8.56. The summed E-state index contributed by atoms with van der Waals surface area (Å²) in [5.74, 6) is -1.09. The standard InChI is InChI=1S/C21H14ClFN2O3/c22-19-4-2-1-3-18(19)21(27)28-17-11-5-14(6-12-17)13-24-25-20(26)15-7-9-16(23)10-8-15/h1-13H,(H,25,26)/b24-13+. The number of carbonyl (C=O) groups excluding carboxylic acids is 2. The molecule has 0 heterocycles. The summed E-state index contributed by atoms with van der Waals surface area (Å²) in [6.07, 6.45) is 1.43. The number of hydrogen-bond donors (Lipinski definition) is 1. The van der Waals surface area contributed by atoms with E-state index in [0.29, 0.717) is 21.9 Å². The molecule has 0 atom stereocenters. The highest BCUT2D eigenvalue weighted by molar-refractivity contribution is 6.33. The van der Waals surface area contributed by atoms with Gasteiger partial charge in [-0.2, -0.15) is 5.10 Å². The van der Waals surface area contributed by atoms with Crippen LogP contribution in [0.15, 0.2) is 77.9 Å². The van der Waals surface area contributed by atoms with Crippen LogP contribution in [-0.2, 0) is 0 Å². The van der Waals surface area contributed by atoms with Gasteiger partial charge in [0.2, 0.25) is 0 Å². The van der Waals surface area contributed by atoms with E-state index in [1.807, 2.05) is 0 Å². The predicted octanol–water partition coefficient (Wildman–Crippen LogP) is 4.46. The Morgan fingerprint density at radius 3 is 2.32 bits per heavy atom. The normalized spacial score (nSPS) is 10.6. The average molecular weight is 397 g/mol. The Kier molecular flexibility index (Phi) is 6.14. The topological polar surface area (TPSA) is 67.8 Å². The number of amides is 1. The van der Waals surface area contributed by atoms with Crippen molar-refractivity contribution < 1.29 is 18.7 Å². The lowest BCUT2D eigenvalue weighted by Gasteiger charge is -2.06. The van der Waals surface area contributed by atoms with Crippen molar-refractivity contribution in [2.45, 2.75) is 0 Å². The van der Waals surface area contributed by atoms with Crippen LogP contribution in [-0.4, -0.2) is 18.1 Å². The molecule has 3 rings (SSSR count). The maximum Gasteiger partial charge on any atom is 0.345 e. The molecule has 0 radical (unpaired) electrons. The van der Waals surface area contributed by atoms with Crippen molar-refractivity contribution in [3.8, 4) is 5.75 Å². The Labute approximate surface area is 165 Å². The van der Waals surface area contributed by atoms with Crippen LogP contribution in [0.2, 0.25) is 5.02 Å². The molecule has 0 fully saturated rings. The molecule has 0 bridgehead atoms. The summed E-state index contributed by atoms with van der Waals surface area (Å²) in [6, 6.07) is 18.3. The van der Waals surface area contributed by atoms with Crippen LogP contribution in [0.25, 0.3) is 0 Å². The third-order valence-corrected chi connectivity index (χ3v) is 4.00. The lowest BCUT2D eigenvalue weighted by atomic mass is 10.2. The average Bonchev–Trinajstić information content (AvgIpc) is 2.70. The molecule has 0 saturated heterocycles. The van der Waals surface area contributed by atoms with Gasteiger partial charge in [0.25, 0.3) is 5.91 Å². The van der Waals surface area contributed by atoms with Crippen LogP contribution in [0.3, 0.4) is 0 Å². The summed E-state index contributed by atoms with van der Waals surface area (Å²) in [5, 5.41) is 4.16.